The summed E-state index contributed by atoms with van der Waals surface area (Å²) >= 11 is 0. The summed E-state index contributed by atoms with van der Waals surface area (Å²) in [6.07, 6.45) is 5.82. The molecule has 0 fully saturated rings. The summed E-state index contributed by atoms with van der Waals surface area (Å²) in [6, 6.07) is 9.09. The highest BCUT2D eigenvalue weighted by Gasteiger charge is 2.15. The predicted octanol–water partition coefficient (Wildman–Crippen LogP) is 4.02. The topological polar surface area (TPSA) is 67.1 Å². The number of nitrogens with one attached hydrogen (secondary N) is 2. The molecule has 0 amide bonds. The number of nitrogens with zero attached hydrogens (tertiary/aromatic N) is 4. The van der Waals surface area contributed by atoms with Crippen LogP contribution in [0.25, 0.3) is 0 Å². The first-order chi connectivity index (χ1) is 14.1. The van der Waals surface area contributed by atoms with Gasteiger partial charge in [-0.1, -0.05) is 44.5 Å². The molecule has 2 aromatic rings. The van der Waals surface area contributed by atoms with E-state index in [4.69, 9.17) is 4.99 Å². The second-order valence-electron chi connectivity index (χ2n) is 8.40. The minimum Gasteiger partial charge on any atom is -0.357 e. The summed E-state index contributed by atoms with van der Waals surface area (Å²) < 4.78 is 2.26. The van der Waals surface area contributed by atoms with Crippen molar-refractivity contribution in [3.05, 3.63) is 47.0 Å². The molecule has 0 spiro atoms. The third-order valence-electron chi connectivity index (χ3n) is 5.39. The number of rotatable bonds is 7. The van der Waals surface area contributed by atoms with Crippen molar-refractivity contribution in [3.8, 4) is 0 Å². The molecular formula is C23H36N6. The van der Waals surface area contributed by atoms with Crippen LogP contribution in [-0.4, -0.2) is 27.3 Å². The number of guanidine groups is 1. The average Bonchev–Trinajstić information content (AvgIpc) is 2.92. The standard InChI is InChI=1S/C23H36N6/c1-5-24-23(25-16-22-28-27-21-9-7-6-8-14-29(21)22)26-18(4)20-12-10-19(11-13-20)15-17(2)3/h10-13,17-18H,5-9,14-16H2,1-4H3,(H2,24,25,26). The number of benzene rings is 1. The third kappa shape index (κ3) is 6.05. The van der Waals surface area contributed by atoms with Gasteiger partial charge in [0.15, 0.2) is 11.8 Å². The first kappa shape index (κ1) is 21.3. The van der Waals surface area contributed by atoms with E-state index in [0.29, 0.717) is 12.5 Å². The average molecular weight is 397 g/mol. The van der Waals surface area contributed by atoms with Crippen LogP contribution in [0.3, 0.4) is 0 Å². The van der Waals surface area contributed by atoms with Gasteiger partial charge in [-0.05, 0) is 50.2 Å². The van der Waals surface area contributed by atoms with Gasteiger partial charge in [-0.2, -0.15) is 0 Å². The maximum absolute atomic E-state index is 4.79. The fourth-order valence-corrected chi connectivity index (χ4v) is 3.83. The van der Waals surface area contributed by atoms with Crippen LogP contribution in [0.1, 0.15) is 75.8 Å². The highest BCUT2D eigenvalue weighted by molar-refractivity contribution is 5.80. The number of fused-ring (bicyclic) bond motifs is 1. The summed E-state index contributed by atoms with van der Waals surface area (Å²) in [5.74, 6) is 3.57. The van der Waals surface area contributed by atoms with Crippen LogP contribution in [0.2, 0.25) is 0 Å². The van der Waals surface area contributed by atoms with Crippen LogP contribution in [-0.2, 0) is 25.9 Å². The Morgan fingerprint density at radius 1 is 1.10 bits per heavy atom. The van der Waals surface area contributed by atoms with Gasteiger partial charge in [-0.25, -0.2) is 4.99 Å². The zero-order valence-corrected chi connectivity index (χ0v) is 18.4. The first-order valence-electron chi connectivity index (χ1n) is 11.1. The van der Waals surface area contributed by atoms with Gasteiger partial charge in [0.1, 0.15) is 12.4 Å². The second kappa shape index (κ2) is 10.4. The Kier molecular flexibility index (Phi) is 7.67. The Morgan fingerprint density at radius 3 is 2.62 bits per heavy atom. The van der Waals surface area contributed by atoms with E-state index in [1.165, 1.54) is 30.4 Å². The van der Waals surface area contributed by atoms with E-state index in [1.807, 2.05) is 0 Å². The third-order valence-corrected chi connectivity index (χ3v) is 5.39. The first-order valence-corrected chi connectivity index (χ1v) is 11.1. The molecule has 6 nitrogen and oxygen atoms in total. The molecule has 1 aromatic carbocycles. The SMILES string of the molecule is CCNC(=NCc1nnc2n1CCCCC2)NC(C)c1ccc(CC(C)C)cc1. The maximum atomic E-state index is 4.79. The molecule has 3 rings (SSSR count). The number of aryl methyl sites for hydroxylation is 1. The van der Waals surface area contributed by atoms with E-state index in [0.717, 1.165) is 43.5 Å². The van der Waals surface area contributed by atoms with Gasteiger partial charge in [-0.15, -0.1) is 10.2 Å². The predicted molar refractivity (Wildman–Crippen MR) is 119 cm³/mol. The van der Waals surface area contributed by atoms with Crippen molar-refractivity contribution in [2.24, 2.45) is 10.9 Å². The van der Waals surface area contributed by atoms with E-state index >= 15 is 0 Å². The van der Waals surface area contributed by atoms with Crippen LogP contribution < -0.4 is 10.6 Å². The lowest BCUT2D eigenvalue weighted by atomic mass is 10.00. The fourth-order valence-electron chi connectivity index (χ4n) is 3.83. The molecule has 158 valence electrons. The quantitative estimate of drug-likeness (QED) is 0.548. The summed E-state index contributed by atoms with van der Waals surface area (Å²) in [4.78, 5) is 4.79. The molecule has 0 aliphatic carbocycles. The zero-order valence-electron chi connectivity index (χ0n) is 18.4. The Hall–Kier alpha value is -2.37. The summed E-state index contributed by atoms with van der Waals surface area (Å²) in [5, 5.41) is 15.7. The van der Waals surface area contributed by atoms with Gasteiger partial charge in [0.2, 0.25) is 0 Å². The van der Waals surface area contributed by atoms with Gasteiger partial charge in [0.05, 0.1) is 6.04 Å². The molecule has 0 bridgehead atoms. The molecule has 1 aromatic heterocycles. The van der Waals surface area contributed by atoms with Crippen molar-refractivity contribution in [1.29, 1.82) is 0 Å². The van der Waals surface area contributed by atoms with E-state index in [1.54, 1.807) is 0 Å². The lowest BCUT2D eigenvalue weighted by molar-refractivity contribution is 0.604. The normalized spacial score (nSPS) is 15.7. The van der Waals surface area contributed by atoms with E-state index < -0.39 is 0 Å². The number of hydrogen-bond acceptors (Lipinski definition) is 3. The minimum absolute atomic E-state index is 0.177. The summed E-state index contributed by atoms with van der Waals surface area (Å²) in [6.45, 7) is 11.2. The van der Waals surface area contributed by atoms with E-state index in [9.17, 15) is 0 Å². The zero-order chi connectivity index (χ0) is 20.6. The van der Waals surface area contributed by atoms with Crippen LogP contribution in [0, 0.1) is 5.92 Å². The smallest absolute Gasteiger partial charge is 0.192 e. The Labute approximate surface area is 175 Å². The molecule has 1 aliphatic heterocycles. The van der Waals surface area contributed by atoms with Crippen LogP contribution >= 0.6 is 0 Å². The van der Waals surface area contributed by atoms with Crippen molar-refractivity contribution >= 4 is 5.96 Å². The Balaban J connectivity index is 1.65. The van der Waals surface area contributed by atoms with E-state index in [2.05, 4.69) is 77.4 Å². The highest BCUT2D eigenvalue weighted by Crippen LogP contribution is 2.17. The maximum Gasteiger partial charge on any atom is 0.192 e. The van der Waals surface area contributed by atoms with E-state index in [-0.39, 0.29) is 6.04 Å². The highest BCUT2D eigenvalue weighted by atomic mass is 15.3. The molecule has 0 radical (unpaired) electrons. The van der Waals surface area contributed by atoms with Crippen molar-refractivity contribution in [3.63, 3.8) is 0 Å². The van der Waals surface area contributed by atoms with Crippen LogP contribution in [0.4, 0.5) is 0 Å². The van der Waals surface area contributed by atoms with Crippen molar-refractivity contribution in [2.45, 2.75) is 78.9 Å². The van der Waals surface area contributed by atoms with Gasteiger partial charge >= 0.3 is 0 Å². The van der Waals surface area contributed by atoms with Crippen LogP contribution in [0.15, 0.2) is 29.3 Å². The number of aromatic nitrogens is 3. The number of aliphatic imine (C=N–C) groups is 1. The second-order valence-corrected chi connectivity index (χ2v) is 8.40. The minimum atomic E-state index is 0.177. The molecule has 1 atom stereocenters. The van der Waals surface area contributed by atoms with Crippen molar-refractivity contribution < 1.29 is 0 Å². The Morgan fingerprint density at radius 2 is 1.90 bits per heavy atom. The molecule has 0 saturated heterocycles. The molecule has 0 saturated carbocycles. The van der Waals surface area contributed by atoms with Gasteiger partial charge in [0, 0.05) is 19.5 Å². The molecule has 6 heteroatoms. The number of hydrogen-bond donors (Lipinski definition) is 2. The molecule has 29 heavy (non-hydrogen) atoms. The lowest BCUT2D eigenvalue weighted by Crippen LogP contribution is -2.38. The van der Waals surface area contributed by atoms with Gasteiger partial charge in [-0.3, -0.25) is 0 Å². The Bertz CT molecular complexity index is 790. The molecule has 2 heterocycles. The summed E-state index contributed by atoms with van der Waals surface area (Å²) in [7, 11) is 0. The molecule has 2 N–H and O–H groups in total. The van der Waals surface area contributed by atoms with Crippen molar-refractivity contribution in [1.82, 2.24) is 25.4 Å². The lowest BCUT2D eigenvalue weighted by Gasteiger charge is -2.19. The van der Waals surface area contributed by atoms with Crippen molar-refractivity contribution in [2.75, 3.05) is 6.54 Å². The largest absolute Gasteiger partial charge is 0.357 e. The molecular weight excluding hydrogens is 360 g/mol. The summed E-state index contributed by atoms with van der Waals surface area (Å²) in [5.41, 5.74) is 2.66. The monoisotopic (exact) mass is 396 g/mol. The molecule has 1 unspecified atom stereocenters. The molecule has 1 aliphatic rings. The van der Waals surface area contributed by atoms with Gasteiger partial charge < -0.3 is 15.2 Å². The van der Waals surface area contributed by atoms with Crippen LogP contribution in [0.5, 0.6) is 0 Å². The fraction of sp³-hybridized carbons (Fsp3) is 0.609. The van der Waals surface area contributed by atoms with Gasteiger partial charge in [0.25, 0.3) is 0 Å².